The number of hydrogen-bond donors (Lipinski definition) is 1. The highest BCUT2D eigenvalue weighted by molar-refractivity contribution is 6.32. The van der Waals surface area contributed by atoms with Crippen LogP contribution in [0.15, 0.2) is 35.4 Å². The topological polar surface area (TPSA) is 81.5 Å². The normalized spacial score (nSPS) is 20.5. The fraction of sp³-hybridized carbons (Fsp3) is 0.458. The Balaban J connectivity index is 1.06. The van der Waals surface area contributed by atoms with Crippen LogP contribution < -0.4 is 20.3 Å². The van der Waals surface area contributed by atoms with E-state index in [1.165, 1.54) is 0 Å². The van der Waals surface area contributed by atoms with E-state index in [9.17, 15) is 4.79 Å². The van der Waals surface area contributed by atoms with Gasteiger partial charge in [-0.15, -0.1) is 0 Å². The van der Waals surface area contributed by atoms with Crippen molar-refractivity contribution in [3.05, 3.63) is 57.2 Å². The molecule has 3 aliphatic heterocycles. The SMILES string of the molecule is O=c1ccc2ncc(Cl)c3c2n1CC3CN1CCC(NCc2cc3c(cn2)OCCO3)CC1. The standard InChI is InChI=1S/C24H26ClN5O3/c25-18-11-28-19-1-2-22(31)30-14-15(23(18)24(19)30)13-29-5-3-16(4-6-29)26-10-17-9-20-21(12-27-17)33-8-7-32-20/h1-2,9,11-12,15-16,26H,3-8,10,13-14H2. The van der Waals surface area contributed by atoms with E-state index in [-0.39, 0.29) is 11.5 Å². The maximum absolute atomic E-state index is 12.4. The van der Waals surface area contributed by atoms with Crippen LogP contribution in [0.2, 0.25) is 5.02 Å². The Morgan fingerprint density at radius 2 is 1.91 bits per heavy atom. The molecule has 1 unspecified atom stereocenters. The second kappa shape index (κ2) is 8.59. The minimum absolute atomic E-state index is 0.0194. The van der Waals surface area contributed by atoms with E-state index in [0.717, 1.165) is 66.3 Å². The smallest absolute Gasteiger partial charge is 0.251 e. The van der Waals surface area contributed by atoms with Crippen LogP contribution in [0.5, 0.6) is 11.5 Å². The predicted molar refractivity (Wildman–Crippen MR) is 125 cm³/mol. The van der Waals surface area contributed by atoms with Crippen molar-refractivity contribution in [1.29, 1.82) is 0 Å². The molecular formula is C24H26ClN5O3. The van der Waals surface area contributed by atoms with Gasteiger partial charge in [0.25, 0.3) is 5.56 Å². The molecule has 33 heavy (non-hydrogen) atoms. The number of hydrogen-bond acceptors (Lipinski definition) is 7. The Bertz CT molecular complexity index is 1250. The van der Waals surface area contributed by atoms with E-state index in [0.29, 0.717) is 37.4 Å². The molecule has 1 N–H and O–H groups in total. The van der Waals surface area contributed by atoms with Gasteiger partial charge in [-0.05, 0) is 32.0 Å². The van der Waals surface area contributed by atoms with E-state index in [1.807, 2.05) is 10.6 Å². The van der Waals surface area contributed by atoms with Gasteiger partial charge in [0.05, 0.1) is 27.9 Å². The monoisotopic (exact) mass is 467 g/mol. The third-order valence-corrected chi connectivity index (χ3v) is 7.23. The van der Waals surface area contributed by atoms with Gasteiger partial charge in [-0.2, -0.15) is 0 Å². The molecule has 6 rings (SSSR count). The van der Waals surface area contributed by atoms with Crippen LogP contribution in [0, 0.1) is 0 Å². The van der Waals surface area contributed by atoms with Crippen molar-refractivity contribution in [1.82, 2.24) is 24.8 Å². The van der Waals surface area contributed by atoms with Gasteiger partial charge in [-0.25, -0.2) is 0 Å². The number of aromatic nitrogens is 3. The lowest BCUT2D eigenvalue weighted by Gasteiger charge is -2.34. The zero-order valence-electron chi connectivity index (χ0n) is 18.3. The molecule has 0 aliphatic carbocycles. The van der Waals surface area contributed by atoms with Gasteiger partial charge >= 0.3 is 0 Å². The molecule has 1 fully saturated rings. The van der Waals surface area contributed by atoms with Crippen molar-refractivity contribution in [2.45, 2.75) is 37.9 Å². The van der Waals surface area contributed by atoms with Crippen molar-refractivity contribution in [2.24, 2.45) is 0 Å². The predicted octanol–water partition coefficient (Wildman–Crippen LogP) is 2.57. The molecule has 0 spiro atoms. The lowest BCUT2D eigenvalue weighted by atomic mass is 9.98. The summed E-state index contributed by atoms with van der Waals surface area (Å²) < 4.78 is 13.0. The number of nitrogens with one attached hydrogen (secondary N) is 1. The van der Waals surface area contributed by atoms with E-state index in [4.69, 9.17) is 21.1 Å². The average Bonchev–Trinajstić information content (AvgIpc) is 3.23. The molecule has 1 atom stereocenters. The summed E-state index contributed by atoms with van der Waals surface area (Å²) in [5.74, 6) is 1.72. The highest BCUT2D eigenvalue weighted by Gasteiger charge is 2.31. The van der Waals surface area contributed by atoms with Gasteiger partial charge in [-0.3, -0.25) is 14.8 Å². The summed E-state index contributed by atoms with van der Waals surface area (Å²) in [7, 11) is 0. The number of pyridine rings is 3. The third kappa shape index (κ3) is 3.96. The molecule has 0 radical (unpaired) electrons. The first-order valence-corrected chi connectivity index (χ1v) is 11.9. The lowest BCUT2D eigenvalue weighted by Crippen LogP contribution is -2.43. The van der Waals surface area contributed by atoms with Crippen LogP contribution in [-0.2, 0) is 13.1 Å². The number of nitrogens with zero attached hydrogens (tertiary/aromatic N) is 4. The molecule has 3 aromatic rings. The Hall–Kier alpha value is -2.68. The number of rotatable bonds is 5. The molecule has 0 saturated carbocycles. The second-order valence-electron chi connectivity index (χ2n) is 9.01. The summed E-state index contributed by atoms with van der Waals surface area (Å²) in [4.78, 5) is 23.8. The van der Waals surface area contributed by atoms with Crippen molar-refractivity contribution in [3.8, 4) is 11.5 Å². The number of likely N-dealkylation sites (tertiary alicyclic amines) is 1. The van der Waals surface area contributed by atoms with Gasteiger partial charge < -0.3 is 24.3 Å². The van der Waals surface area contributed by atoms with Crippen LogP contribution in [0.3, 0.4) is 0 Å². The van der Waals surface area contributed by atoms with Crippen molar-refractivity contribution in [3.63, 3.8) is 0 Å². The molecule has 3 aliphatic rings. The molecule has 0 aromatic carbocycles. The summed E-state index contributed by atoms with van der Waals surface area (Å²) >= 11 is 6.54. The first-order chi connectivity index (χ1) is 16.2. The van der Waals surface area contributed by atoms with Crippen LogP contribution in [0.25, 0.3) is 11.0 Å². The van der Waals surface area contributed by atoms with Gasteiger partial charge in [0, 0.05) is 55.5 Å². The summed E-state index contributed by atoms with van der Waals surface area (Å²) in [6.45, 7) is 5.47. The van der Waals surface area contributed by atoms with Crippen molar-refractivity contribution >= 4 is 22.6 Å². The van der Waals surface area contributed by atoms with Crippen LogP contribution in [0.4, 0.5) is 0 Å². The molecular weight excluding hydrogens is 442 g/mol. The molecule has 172 valence electrons. The molecule has 0 amide bonds. The summed E-state index contributed by atoms with van der Waals surface area (Å²) in [5, 5.41) is 4.31. The molecule has 3 aromatic heterocycles. The Kier molecular flexibility index (Phi) is 5.44. The number of piperidine rings is 1. The van der Waals surface area contributed by atoms with Gasteiger partial charge in [0.2, 0.25) is 0 Å². The third-order valence-electron chi connectivity index (χ3n) is 6.93. The van der Waals surface area contributed by atoms with E-state index in [1.54, 1.807) is 24.5 Å². The quantitative estimate of drug-likeness (QED) is 0.617. The summed E-state index contributed by atoms with van der Waals surface area (Å²) in [5.41, 5.74) is 3.80. The van der Waals surface area contributed by atoms with Crippen molar-refractivity contribution < 1.29 is 9.47 Å². The number of halogens is 1. The fourth-order valence-corrected chi connectivity index (χ4v) is 5.55. The summed E-state index contributed by atoms with van der Waals surface area (Å²) in [6, 6.07) is 5.82. The van der Waals surface area contributed by atoms with E-state index >= 15 is 0 Å². The molecule has 9 heteroatoms. The van der Waals surface area contributed by atoms with E-state index in [2.05, 4.69) is 20.2 Å². The van der Waals surface area contributed by atoms with Crippen molar-refractivity contribution in [2.75, 3.05) is 32.8 Å². The maximum atomic E-state index is 12.4. The first kappa shape index (κ1) is 20.9. The molecule has 0 bridgehead atoms. The van der Waals surface area contributed by atoms with Gasteiger partial charge in [0.15, 0.2) is 11.5 Å². The van der Waals surface area contributed by atoms with Gasteiger partial charge in [0.1, 0.15) is 13.2 Å². The Labute approximate surface area is 196 Å². The zero-order chi connectivity index (χ0) is 22.4. The lowest BCUT2D eigenvalue weighted by molar-refractivity contribution is 0.170. The number of fused-ring (bicyclic) bond motifs is 1. The second-order valence-corrected chi connectivity index (χ2v) is 9.42. The van der Waals surface area contributed by atoms with Gasteiger partial charge in [-0.1, -0.05) is 11.6 Å². The molecule has 1 saturated heterocycles. The van der Waals surface area contributed by atoms with Crippen LogP contribution in [0.1, 0.15) is 30.0 Å². The largest absolute Gasteiger partial charge is 0.486 e. The average molecular weight is 468 g/mol. The fourth-order valence-electron chi connectivity index (χ4n) is 5.26. The first-order valence-electron chi connectivity index (χ1n) is 11.5. The zero-order valence-corrected chi connectivity index (χ0v) is 19.1. The van der Waals surface area contributed by atoms with Crippen LogP contribution >= 0.6 is 11.6 Å². The molecule has 8 nitrogen and oxygen atoms in total. The minimum Gasteiger partial charge on any atom is -0.486 e. The number of ether oxygens (including phenoxy) is 2. The Morgan fingerprint density at radius 3 is 2.76 bits per heavy atom. The molecule has 6 heterocycles. The van der Waals surface area contributed by atoms with E-state index < -0.39 is 0 Å². The highest BCUT2D eigenvalue weighted by Crippen LogP contribution is 2.37. The minimum atomic E-state index is 0.0194. The highest BCUT2D eigenvalue weighted by atomic mass is 35.5. The maximum Gasteiger partial charge on any atom is 0.251 e. The van der Waals surface area contributed by atoms with Crippen LogP contribution in [-0.4, -0.2) is 58.3 Å². The Morgan fingerprint density at radius 1 is 1.09 bits per heavy atom. The summed E-state index contributed by atoms with van der Waals surface area (Å²) in [6.07, 6.45) is 5.61.